The maximum absolute atomic E-state index is 14.2. The van der Waals surface area contributed by atoms with Gasteiger partial charge in [0.05, 0.1) is 11.4 Å². The third-order valence-corrected chi connectivity index (χ3v) is 6.60. The molecule has 0 amide bonds. The summed E-state index contributed by atoms with van der Waals surface area (Å²) in [5.41, 5.74) is 5.58. The van der Waals surface area contributed by atoms with E-state index in [1.807, 2.05) is 24.3 Å². The van der Waals surface area contributed by atoms with E-state index in [2.05, 4.69) is 59.1 Å². The molecule has 182 valence electrons. The Morgan fingerprint density at radius 3 is 2.50 bits per heavy atom. The molecule has 4 nitrogen and oxygen atoms in total. The molecule has 2 heterocycles. The number of likely N-dealkylation sites (tertiary alicyclic amines) is 1. The summed E-state index contributed by atoms with van der Waals surface area (Å²) in [6, 6.07) is 22.3. The number of nitrogens with zero attached hydrogens (tertiary/aromatic N) is 3. The van der Waals surface area contributed by atoms with Crippen LogP contribution in [0.3, 0.4) is 0 Å². The topological polar surface area (TPSA) is 19.0 Å². The van der Waals surface area contributed by atoms with E-state index in [0.29, 0.717) is 6.61 Å². The molecule has 1 unspecified atom stereocenters. The highest BCUT2D eigenvalue weighted by Gasteiger charge is 2.33. The largest absolute Gasteiger partial charge is 0.487 e. The monoisotopic (exact) mass is 503 g/mol. The molecule has 2 aliphatic rings. The Morgan fingerprint density at radius 1 is 0.971 bits per heavy atom. The number of hydrogen-bond donors (Lipinski definition) is 0. The van der Waals surface area contributed by atoms with Crippen molar-refractivity contribution in [1.29, 1.82) is 0 Å². The van der Waals surface area contributed by atoms with E-state index in [1.165, 1.54) is 17.3 Å². The molecule has 3 aromatic rings. The van der Waals surface area contributed by atoms with Gasteiger partial charge in [0, 0.05) is 51.0 Å². The second kappa shape index (κ2) is 11.3. The predicted octanol–water partition coefficient (Wildman–Crippen LogP) is 6.08. The number of halogens is 3. The molecule has 0 aliphatic carbocycles. The van der Waals surface area contributed by atoms with E-state index < -0.39 is 0 Å². The van der Waals surface area contributed by atoms with Crippen LogP contribution < -0.4 is 14.5 Å². The zero-order valence-electron chi connectivity index (χ0n) is 19.6. The van der Waals surface area contributed by atoms with Gasteiger partial charge < -0.3 is 19.4 Å². The molecule has 0 saturated carbocycles. The fourth-order valence-corrected chi connectivity index (χ4v) is 4.81. The molecule has 0 aromatic heterocycles. The first-order valence-electron chi connectivity index (χ1n) is 11.4. The highest BCUT2D eigenvalue weighted by Crippen LogP contribution is 2.42. The molecule has 0 bridgehead atoms. The summed E-state index contributed by atoms with van der Waals surface area (Å²) in [5, 5.41) is 0. The lowest BCUT2D eigenvalue weighted by Crippen LogP contribution is -2.35. The Morgan fingerprint density at radius 2 is 1.74 bits per heavy atom. The van der Waals surface area contributed by atoms with Crippen LogP contribution in [0, 0.1) is 5.82 Å². The summed E-state index contributed by atoms with van der Waals surface area (Å²) >= 11 is 0. The first-order chi connectivity index (χ1) is 15.6. The molecular weight excluding hydrogens is 472 g/mol. The standard InChI is InChI=1S/C27H30FN3O.2ClH/c1-29(2)23-11-7-20(8-12-23)13-15-30-16-14-24(18-30)31-25-5-3-4-6-27(25)32-19-21-9-10-22(28)17-26(21)31;;/h3-12,17,24H,13-16,18-19H2,1-2H3;2*1H. The third kappa shape index (κ3) is 5.43. The zero-order valence-corrected chi connectivity index (χ0v) is 21.2. The van der Waals surface area contributed by atoms with Crippen molar-refractivity contribution in [2.24, 2.45) is 0 Å². The van der Waals surface area contributed by atoms with Crippen LogP contribution >= 0.6 is 24.8 Å². The van der Waals surface area contributed by atoms with Gasteiger partial charge in [-0.1, -0.05) is 30.3 Å². The van der Waals surface area contributed by atoms with Gasteiger partial charge in [0.1, 0.15) is 18.2 Å². The minimum absolute atomic E-state index is 0. The smallest absolute Gasteiger partial charge is 0.143 e. The molecular formula is C27H32Cl2FN3O. The maximum atomic E-state index is 14.2. The fourth-order valence-electron chi connectivity index (χ4n) is 4.81. The van der Waals surface area contributed by atoms with E-state index >= 15 is 0 Å². The zero-order chi connectivity index (χ0) is 22.1. The Balaban J connectivity index is 0.00000162. The van der Waals surface area contributed by atoms with Crippen LogP contribution in [-0.4, -0.2) is 44.7 Å². The van der Waals surface area contributed by atoms with Crippen LogP contribution in [-0.2, 0) is 13.0 Å². The number of fused-ring (bicyclic) bond motifs is 2. The molecule has 0 radical (unpaired) electrons. The van der Waals surface area contributed by atoms with Crippen LogP contribution in [0.15, 0.2) is 66.7 Å². The molecule has 1 saturated heterocycles. The molecule has 0 spiro atoms. The predicted molar refractivity (Wildman–Crippen MR) is 143 cm³/mol. The highest BCUT2D eigenvalue weighted by atomic mass is 35.5. The molecule has 2 aliphatic heterocycles. The molecule has 0 N–H and O–H groups in total. The molecule has 34 heavy (non-hydrogen) atoms. The summed E-state index contributed by atoms with van der Waals surface area (Å²) < 4.78 is 20.3. The van der Waals surface area contributed by atoms with Crippen molar-refractivity contribution < 1.29 is 9.13 Å². The third-order valence-electron chi connectivity index (χ3n) is 6.60. The first-order valence-corrected chi connectivity index (χ1v) is 11.4. The lowest BCUT2D eigenvalue weighted by Gasteiger charge is -2.32. The maximum Gasteiger partial charge on any atom is 0.143 e. The van der Waals surface area contributed by atoms with Gasteiger partial charge in [0.15, 0.2) is 0 Å². The summed E-state index contributed by atoms with van der Waals surface area (Å²) in [7, 11) is 4.13. The van der Waals surface area contributed by atoms with Crippen molar-refractivity contribution in [2.75, 3.05) is 43.5 Å². The minimum atomic E-state index is -0.204. The molecule has 1 atom stereocenters. The van der Waals surface area contributed by atoms with Gasteiger partial charge in [-0.15, -0.1) is 24.8 Å². The Hall–Kier alpha value is -2.47. The highest BCUT2D eigenvalue weighted by molar-refractivity contribution is 5.85. The molecule has 3 aromatic carbocycles. The molecule has 5 rings (SSSR count). The van der Waals surface area contributed by atoms with Gasteiger partial charge >= 0.3 is 0 Å². The quantitative estimate of drug-likeness (QED) is 0.419. The number of hydrogen-bond acceptors (Lipinski definition) is 4. The van der Waals surface area contributed by atoms with Crippen LogP contribution in [0.4, 0.5) is 21.5 Å². The van der Waals surface area contributed by atoms with Crippen molar-refractivity contribution >= 4 is 41.9 Å². The SMILES string of the molecule is CN(C)c1ccc(CCN2CCC(N3c4cc(F)ccc4COc4ccccc43)C2)cc1.Cl.Cl. The second-order valence-electron chi connectivity index (χ2n) is 8.95. The Bertz CT molecular complexity index is 1090. The molecule has 7 heteroatoms. The summed E-state index contributed by atoms with van der Waals surface area (Å²) in [6.07, 6.45) is 2.08. The van der Waals surface area contributed by atoms with Gasteiger partial charge in [-0.2, -0.15) is 0 Å². The van der Waals surface area contributed by atoms with Crippen molar-refractivity contribution in [3.63, 3.8) is 0 Å². The van der Waals surface area contributed by atoms with E-state index in [4.69, 9.17) is 4.74 Å². The second-order valence-corrected chi connectivity index (χ2v) is 8.95. The van der Waals surface area contributed by atoms with Crippen LogP contribution in [0.1, 0.15) is 17.5 Å². The van der Waals surface area contributed by atoms with E-state index in [1.54, 1.807) is 6.07 Å². The number of anilines is 3. The lowest BCUT2D eigenvalue weighted by atomic mass is 10.1. The Kier molecular flexibility index (Phi) is 8.69. The normalized spacial score (nSPS) is 16.9. The number of rotatable bonds is 5. The molecule has 1 fully saturated rings. The van der Waals surface area contributed by atoms with Crippen LogP contribution in [0.5, 0.6) is 5.75 Å². The Labute approximate surface area is 214 Å². The van der Waals surface area contributed by atoms with Crippen molar-refractivity contribution in [3.05, 3.63) is 83.7 Å². The number of para-hydroxylation sites is 2. The fraction of sp³-hybridized carbons (Fsp3) is 0.333. The van der Waals surface area contributed by atoms with Crippen molar-refractivity contribution in [2.45, 2.75) is 25.5 Å². The van der Waals surface area contributed by atoms with Crippen LogP contribution in [0.2, 0.25) is 0 Å². The van der Waals surface area contributed by atoms with Gasteiger partial charge in [-0.25, -0.2) is 4.39 Å². The van der Waals surface area contributed by atoms with Gasteiger partial charge in [0.2, 0.25) is 0 Å². The number of ether oxygens (including phenoxy) is 1. The van der Waals surface area contributed by atoms with Crippen molar-refractivity contribution in [3.8, 4) is 5.75 Å². The van der Waals surface area contributed by atoms with Crippen LogP contribution in [0.25, 0.3) is 0 Å². The van der Waals surface area contributed by atoms with Gasteiger partial charge in [0.25, 0.3) is 0 Å². The van der Waals surface area contributed by atoms with E-state index in [9.17, 15) is 4.39 Å². The van der Waals surface area contributed by atoms with Gasteiger partial charge in [-0.05, 0) is 54.8 Å². The van der Waals surface area contributed by atoms with Gasteiger partial charge in [-0.3, -0.25) is 0 Å². The minimum Gasteiger partial charge on any atom is -0.487 e. The average Bonchev–Trinajstić information content (AvgIpc) is 3.20. The van der Waals surface area contributed by atoms with E-state index in [-0.39, 0.29) is 36.7 Å². The average molecular weight is 504 g/mol. The van der Waals surface area contributed by atoms with Crippen molar-refractivity contribution in [1.82, 2.24) is 4.90 Å². The first kappa shape index (κ1) is 26.1. The summed E-state index contributed by atoms with van der Waals surface area (Å²) in [5.74, 6) is 0.660. The summed E-state index contributed by atoms with van der Waals surface area (Å²) in [6.45, 7) is 3.49. The lowest BCUT2D eigenvalue weighted by molar-refractivity contribution is 0.310. The number of benzene rings is 3. The summed E-state index contributed by atoms with van der Waals surface area (Å²) in [4.78, 5) is 6.96. The van der Waals surface area contributed by atoms with E-state index in [0.717, 1.165) is 55.2 Å².